The minimum absolute atomic E-state index is 1.03. The summed E-state index contributed by atoms with van der Waals surface area (Å²) in [5.41, 5.74) is 7.94. The molecule has 3 aromatic carbocycles. The van der Waals surface area contributed by atoms with E-state index in [2.05, 4.69) is 96.5 Å². The van der Waals surface area contributed by atoms with Crippen LogP contribution >= 0.6 is 0 Å². The normalized spacial score (nSPS) is 11.3. The van der Waals surface area contributed by atoms with Crippen molar-refractivity contribution in [3.8, 4) is 22.4 Å². The Hall–Kier alpha value is -3.39. The predicted molar refractivity (Wildman–Crippen MR) is 109 cm³/mol. The molecule has 0 spiro atoms. The van der Waals surface area contributed by atoms with Gasteiger partial charge in [-0.25, -0.2) is 4.98 Å². The van der Waals surface area contributed by atoms with Crippen molar-refractivity contribution in [2.75, 3.05) is 0 Å². The lowest BCUT2D eigenvalue weighted by atomic mass is 9.98. The van der Waals surface area contributed by atoms with Crippen molar-refractivity contribution in [2.24, 2.45) is 7.05 Å². The molecule has 2 heterocycles. The first kappa shape index (κ1) is 14.9. The van der Waals surface area contributed by atoms with Crippen LogP contribution in [0, 0.1) is 0 Å². The number of hydrogen-bond donors (Lipinski definition) is 0. The number of pyridine rings is 1. The van der Waals surface area contributed by atoms with Gasteiger partial charge in [0.15, 0.2) is 0 Å². The van der Waals surface area contributed by atoms with Gasteiger partial charge in [0.2, 0.25) is 0 Å². The van der Waals surface area contributed by atoms with Gasteiger partial charge in [0.25, 0.3) is 0 Å². The molecular weight excluding hydrogens is 316 g/mol. The van der Waals surface area contributed by atoms with Gasteiger partial charge in [-0.3, -0.25) is 0 Å². The standard InChI is InChI=1S/C24H18N2/c1-26-21-15-9-8-14-19(21)24-22(26)16-20(17-10-4-2-5-11-17)23(25-24)18-12-6-3-7-13-18/h2-16H,1H3. The highest BCUT2D eigenvalue weighted by molar-refractivity contribution is 6.08. The van der Waals surface area contributed by atoms with Crippen molar-refractivity contribution < 1.29 is 0 Å². The van der Waals surface area contributed by atoms with Gasteiger partial charge in [0.05, 0.1) is 22.2 Å². The summed E-state index contributed by atoms with van der Waals surface area (Å²) in [7, 11) is 2.11. The highest BCUT2D eigenvalue weighted by Crippen LogP contribution is 2.36. The predicted octanol–water partition coefficient (Wildman–Crippen LogP) is 6.06. The van der Waals surface area contributed by atoms with Gasteiger partial charge < -0.3 is 4.57 Å². The monoisotopic (exact) mass is 334 g/mol. The van der Waals surface area contributed by atoms with Gasteiger partial charge in [-0.15, -0.1) is 0 Å². The molecule has 0 N–H and O–H groups in total. The molecule has 0 bridgehead atoms. The van der Waals surface area contributed by atoms with Gasteiger partial charge in [0, 0.05) is 23.6 Å². The number of para-hydroxylation sites is 1. The van der Waals surface area contributed by atoms with Crippen LogP contribution in [0.25, 0.3) is 44.3 Å². The molecule has 0 unspecified atom stereocenters. The Morgan fingerprint density at radius 1 is 0.654 bits per heavy atom. The minimum Gasteiger partial charge on any atom is -0.342 e. The minimum atomic E-state index is 1.03. The van der Waals surface area contributed by atoms with E-state index in [1.165, 1.54) is 16.5 Å². The summed E-state index contributed by atoms with van der Waals surface area (Å²) in [6.07, 6.45) is 0. The zero-order chi connectivity index (χ0) is 17.5. The molecule has 0 aliphatic heterocycles. The second kappa shape index (κ2) is 5.85. The summed E-state index contributed by atoms with van der Waals surface area (Å²) in [4.78, 5) is 5.15. The van der Waals surface area contributed by atoms with Crippen LogP contribution in [0.1, 0.15) is 0 Å². The van der Waals surface area contributed by atoms with Crippen LogP contribution in [0.3, 0.4) is 0 Å². The molecule has 0 atom stereocenters. The molecule has 0 aliphatic carbocycles. The topological polar surface area (TPSA) is 17.8 Å². The Bertz CT molecular complexity index is 1220. The Kier molecular flexibility index (Phi) is 3.36. The van der Waals surface area contributed by atoms with Crippen molar-refractivity contribution in [3.05, 3.63) is 91.0 Å². The largest absolute Gasteiger partial charge is 0.342 e. The van der Waals surface area contributed by atoms with E-state index in [9.17, 15) is 0 Å². The first-order valence-corrected chi connectivity index (χ1v) is 8.82. The maximum atomic E-state index is 5.15. The summed E-state index contributed by atoms with van der Waals surface area (Å²) in [5.74, 6) is 0. The first-order chi connectivity index (χ1) is 12.8. The van der Waals surface area contributed by atoms with Crippen LogP contribution in [0.5, 0.6) is 0 Å². The van der Waals surface area contributed by atoms with Crippen molar-refractivity contribution in [3.63, 3.8) is 0 Å². The van der Waals surface area contributed by atoms with E-state index >= 15 is 0 Å². The van der Waals surface area contributed by atoms with Gasteiger partial charge in [-0.05, 0) is 17.7 Å². The zero-order valence-electron chi connectivity index (χ0n) is 14.6. The van der Waals surface area contributed by atoms with Crippen LogP contribution in [0.2, 0.25) is 0 Å². The number of aryl methyl sites for hydroxylation is 1. The molecule has 0 fully saturated rings. The van der Waals surface area contributed by atoms with Crippen LogP contribution in [-0.4, -0.2) is 9.55 Å². The molecule has 5 aromatic rings. The summed E-state index contributed by atoms with van der Waals surface area (Å²) in [6.45, 7) is 0. The Labute approximate surface area is 152 Å². The van der Waals surface area contributed by atoms with Crippen molar-refractivity contribution in [1.82, 2.24) is 9.55 Å². The molecule has 5 rings (SSSR count). The summed E-state index contributed by atoms with van der Waals surface area (Å²) >= 11 is 0. The fourth-order valence-electron chi connectivity index (χ4n) is 3.71. The zero-order valence-corrected chi connectivity index (χ0v) is 14.6. The lowest BCUT2D eigenvalue weighted by Gasteiger charge is -2.11. The van der Waals surface area contributed by atoms with Crippen molar-refractivity contribution in [2.45, 2.75) is 0 Å². The van der Waals surface area contributed by atoms with Crippen LogP contribution in [0.4, 0.5) is 0 Å². The first-order valence-electron chi connectivity index (χ1n) is 8.82. The van der Waals surface area contributed by atoms with Crippen molar-refractivity contribution >= 4 is 21.9 Å². The second-order valence-electron chi connectivity index (χ2n) is 6.56. The molecular formula is C24H18N2. The molecule has 2 aromatic heterocycles. The SMILES string of the molecule is Cn1c2ccccc2c2nc(-c3ccccc3)c(-c3ccccc3)cc21. The van der Waals surface area contributed by atoms with E-state index in [-0.39, 0.29) is 0 Å². The maximum absolute atomic E-state index is 5.15. The van der Waals surface area contributed by atoms with Crippen LogP contribution in [-0.2, 0) is 7.05 Å². The quantitative estimate of drug-likeness (QED) is 0.383. The Morgan fingerprint density at radius 2 is 1.27 bits per heavy atom. The molecule has 2 heteroatoms. The Morgan fingerprint density at radius 3 is 2.00 bits per heavy atom. The van der Waals surface area contributed by atoms with Gasteiger partial charge in [0.1, 0.15) is 0 Å². The third-order valence-electron chi connectivity index (χ3n) is 5.02. The van der Waals surface area contributed by atoms with Gasteiger partial charge >= 0.3 is 0 Å². The summed E-state index contributed by atoms with van der Waals surface area (Å²) < 4.78 is 2.24. The summed E-state index contributed by atoms with van der Waals surface area (Å²) in [6, 6.07) is 31.7. The Balaban J connectivity index is 1.92. The third-order valence-corrected chi connectivity index (χ3v) is 5.02. The number of hydrogen-bond acceptors (Lipinski definition) is 1. The highest BCUT2D eigenvalue weighted by atomic mass is 15.0. The van der Waals surface area contributed by atoms with Gasteiger partial charge in [-0.2, -0.15) is 0 Å². The van der Waals surface area contributed by atoms with E-state index in [1.807, 2.05) is 6.07 Å². The third kappa shape index (κ3) is 2.23. The van der Waals surface area contributed by atoms with Gasteiger partial charge in [-0.1, -0.05) is 78.9 Å². The van der Waals surface area contributed by atoms with E-state index in [0.717, 1.165) is 27.9 Å². The lowest BCUT2D eigenvalue weighted by molar-refractivity contribution is 1.01. The molecule has 0 radical (unpaired) electrons. The fraction of sp³-hybridized carbons (Fsp3) is 0.0417. The van der Waals surface area contributed by atoms with E-state index in [1.54, 1.807) is 0 Å². The second-order valence-corrected chi connectivity index (χ2v) is 6.56. The smallest absolute Gasteiger partial charge is 0.0967 e. The maximum Gasteiger partial charge on any atom is 0.0967 e. The van der Waals surface area contributed by atoms with E-state index in [0.29, 0.717) is 0 Å². The number of rotatable bonds is 2. The molecule has 0 saturated carbocycles. The average molecular weight is 334 g/mol. The summed E-state index contributed by atoms with van der Waals surface area (Å²) in [5, 5.41) is 1.20. The van der Waals surface area contributed by atoms with Crippen LogP contribution < -0.4 is 0 Å². The average Bonchev–Trinajstić information content (AvgIpc) is 3.00. The number of fused-ring (bicyclic) bond motifs is 3. The lowest BCUT2D eigenvalue weighted by Crippen LogP contribution is -1.93. The fourth-order valence-corrected chi connectivity index (χ4v) is 3.71. The highest BCUT2D eigenvalue weighted by Gasteiger charge is 2.15. The molecule has 26 heavy (non-hydrogen) atoms. The van der Waals surface area contributed by atoms with E-state index < -0.39 is 0 Å². The molecule has 0 aliphatic rings. The molecule has 0 amide bonds. The molecule has 0 saturated heterocycles. The molecule has 2 nitrogen and oxygen atoms in total. The number of benzene rings is 3. The molecule has 124 valence electrons. The van der Waals surface area contributed by atoms with E-state index in [4.69, 9.17) is 4.98 Å². The number of aromatic nitrogens is 2. The van der Waals surface area contributed by atoms with Crippen molar-refractivity contribution in [1.29, 1.82) is 0 Å². The van der Waals surface area contributed by atoms with Crippen LogP contribution in [0.15, 0.2) is 91.0 Å². The number of nitrogens with zero attached hydrogens (tertiary/aromatic N) is 2.